The van der Waals surface area contributed by atoms with Crippen molar-refractivity contribution in [2.45, 2.75) is 13.0 Å². The van der Waals surface area contributed by atoms with Crippen LogP contribution in [-0.4, -0.2) is 25.5 Å². The smallest absolute Gasteiger partial charge is 0.262 e. The molecule has 2 amide bonds. The minimum atomic E-state index is -0.301. The molecule has 7 heteroatoms. The molecule has 6 nitrogen and oxygen atoms in total. The zero-order chi connectivity index (χ0) is 22.2. The van der Waals surface area contributed by atoms with Gasteiger partial charge in [-0.1, -0.05) is 29.8 Å². The summed E-state index contributed by atoms with van der Waals surface area (Å²) >= 11 is 6.01. The molecule has 3 rings (SSSR count). The molecular weight excluding hydrogens is 416 g/mol. The first-order valence-electron chi connectivity index (χ1n) is 9.67. The Morgan fingerprint density at radius 1 is 0.968 bits per heavy atom. The van der Waals surface area contributed by atoms with E-state index in [1.807, 2.05) is 25.1 Å². The molecule has 0 aromatic heterocycles. The van der Waals surface area contributed by atoms with Crippen molar-refractivity contribution in [3.05, 3.63) is 88.9 Å². The average Bonchev–Trinajstić information content (AvgIpc) is 2.78. The first-order chi connectivity index (χ1) is 14.9. The minimum Gasteiger partial charge on any atom is -0.497 e. The summed E-state index contributed by atoms with van der Waals surface area (Å²) in [6.07, 6.45) is 0. The average molecular weight is 439 g/mol. The molecule has 0 heterocycles. The number of carbonyl (C=O) groups excluding carboxylic acids is 2. The van der Waals surface area contributed by atoms with E-state index in [9.17, 15) is 9.59 Å². The van der Waals surface area contributed by atoms with Crippen LogP contribution in [0, 0.1) is 0 Å². The summed E-state index contributed by atoms with van der Waals surface area (Å²) in [6, 6.07) is 20.8. The van der Waals surface area contributed by atoms with Crippen molar-refractivity contribution in [2.75, 3.05) is 19.0 Å². The van der Waals surface area contributed by atoms with Gasteiger partial charge in [-0.05, 0) is 61.0 Å². The van der Waals surface area contributed by atoms with Crippen LogP contribution in [0.1, 0.15) is 28.9 Å². The van der Waals surface area contributed by atoms with E-state index in [4.69, 9.17) is 21.1 Å². The van der Waals surface area contributed by atoms with E-state index in [2.05, 4.69) is 10.6 Å². The maximum Gasteiger partial charge on any atom is 0.262 e. The number of anilines is 1. The van der Waals surface area contributed by atoms with Crippen LogP contribution in [0.2, 0.25) is 5.02 Å². The van der Waals surface area contributed by atoms with Crippen molar-refractivity contribution in [1.82, 2.24) is 5.32 Å². The number of carbonyl (C=O) groups is 2. The highest BCUT2D eigenvalue weighted by atomic mass is 35.5. The second kappa shape index (κ2) is 10.5. The lowest BCUT2D eigenvalue weighted by Crippen LogP contribution is -2.26. The molecule has 2 N–H and O–H groups in total. The molecule has 0 bridgehead atoms. The lowest BCUT2D eigenvalue weighted by atomic mass is 10.1. The fraction of sp³-hybridized carbons (Fsp3) is 0.167. The normalized spacial score (nSPS) is 11.3. The van der Waals surface area contributed by atoms with Gasteiger partial charge in [0.05, 0.1) is 13.2 Å². The van der Waals surface area contributed by atoms with Gasteiger partial charge in [0.25, 0.3) is 11.8 Å². The highest BCUT2D eigenvalue weighted by Crippen LogP contribution is 2.19. The molecule has 0 aliphatic heterocycles. The molecule has 1 unspecified atom stereocenters. The van der Waals surface area contributed by atoms with Crippen LogP contribution in [0.15, 0.2) is 72.8 Å². The monoisotopic (exact) mass is 438 g/mol. The Kier molecular flexibility index (Phi) is 7.51. The van der Waals surface area contributed by atoms with Crippen molar-refractivity contribution in [3.8, 4) is 11.5 Å². The summed E-state index contributed by atoms with van der Waals surface area (Å²) in [7, 11) is 1.56. The van der Waals surface area contributed by atoms with Crippen LogP contribution in [0.5, 0.6) is 11.5 Å². The van der Waals surface area contributed by atoms with Crippen LogP contribution in [-0.2, 0) is 4.79 Å². The largest absolute Gasteiger partial charge is 0.497 e. The van der Waals surface area contributed by atoms with E-state index >= 15 is 0 Å². The van der Waals surface area contributed by atoms with Crippen molar-refractivity contribution < 1.29 is 19.1 Å². The fourth-order valence-corrected chi connectivity index (χ4v) is 3.09. The summed E-state index contributed by atoms with van der Waals surface area (Å²) in [5.41, 5.74) is 2.03. The lowest BCUT2D eigenvalue weighted by molar-refractivity contribution is -0.118. The van der Waals surface area contributed by atoms with Crippen molar-refractivity contribution in [2.24, 2.45) is 0 Å². The third-order valence-electron chi connectivity index (χ3n) is 4.54. The summed E-state index contributed by atoms with van der Waals surface area (Å²) < 4.78 is 10.6. The van der Waals surface area contributed by atoms with Gasteiger partial charge in [-0.15, -0.1) is 0 Å². The molecule has 0 saturated heterocycles. The summed E-state index contributed by atoms with van der Waals surface area (Å²) in [5, 5.41) is 6.29. The van der Waals surface area contributed by atoms with E-state index < -0.39 is 0 Å². The third-order valence-corrected chi connectivity index (χ3v) is 4.77. The number of methoxy groups -OCH3 is 1. The Morgan fingerprint density at radius 3 is 2.42 bits per heavy atom. The first-order valence-corrected chi connectivity index (χ1v) is 10.1. The molecule has 0 aliphatic carbocycles. The van der Waals surface area contributed by atoms with E-state index in [1.54, 1.807) is 61.7 Å². The number of rotatable bonds is 8. The minimum absolute atomic E-state index is 0.158. The molecule has 160 valence electrons. The second-order valence-corrected chi connectivity index (χ2v) is 7.28. The number of hydrogen-bond donors (Lipinski definition) is 2. The van der Waals surface area contributed by atoms with Crippen LogP contribution in [0.4, 0.5) is 5.69 Å². The predicted octanol–water partition coefficient (Wildman–Crippen LogP) is 4.86. The molecular formula is C24H23ClN2O4. The number of halogens is 1. The SMILES string of the molecule is COc1cccc(NC(=O)COc2ccc(C(=O)NC(C)c3cccc(Cl)c3)cc2)c1. The third kappa shape index (κ3) is 6.49. The predicted molar refractivity (Wildman–Crippen MR) is 121 cm³/mol. The van der Waals surface area contributed by atoms with Gasteiger partial charge < -0.3 is 20.1 Å². The molecule has 31 heavy (non-hydrogen) atoms. The summed E-state index contributed by atoms with van der Waals surface area (Å²) in [4.78, 5) is 24.6. The van der Waals surface area contributed by atoms with Crippen LogP contribution in [0.25, 0.3) is 0 Å². The quantitative estimate of drug-likeness (QED) is 0.526. The maximum atomic E-state index is 12.5. The second-order valence-electron chi connectivity index (χ2n) is 6.84. The van der Waals surface area contributed by atoms with Gasteiger partial charge in [0.2, 0.25) is 0 Å². The molecule has 0 spiro atoms. The Balaban J connectivity index is 1.51. The van der Waals surface area contributed by atoms with Gasteiger partial charge in [0, 0.05) is 22.3 Å². The highest BCUT2D eigenvalue weighted by Gasteiger charge is 2.12. The Bertz CT molecular complexity index is 1050. The number of nitrogens with one attached hydrogen (secondary N) is 2. The van der Waals surface area contributed by atoms with E-state index in [0.717, 1.165) is 5.56 Å². The number of amides is 2. The number of hydrogen-bond acceptors (Lipinski definition) is 4. The standard InChI is InChI=1S/C24H23ClN2O4/c1-16(18-5-3-6-19(25)13-18)26-24(29)17-9-11-21(12-10-17)31-15-23(28)27-20-7-4-8-22(14-20)30-2/h3-14,16H,15H2,1-2H3,(H,26,29)(H,27,28). The summed E-state index contributed by atoms with van der Waals surface area (Å²) in [5.74, 6) is 0.623. The molecule has 3 aromatic rings. The first kappa shape index (κ1) is 22.2. The molecule has 3 aromatic carbocycles. The van der Waals surface area contributed by atoms with E-state index in [-0.39, 0.29) is 24.5 Å². The zero-order valence-electron chi connectivity index (χ0n) is 17.2. The fourth-order valence-electron chi connectivity index (χ4n) is 2.89. The zero-order valence-corrected chi connectivity index (χ0v) is 18.0. The Hall–Kier alpha value is -3.51. The van der Waals surface area contributed by atoms with Crippen molar-refractivity contribution in [1.29, 1.82) is 0 Å². The Labute approximate surface area is 186 Å². The Morgan fingerprint density at radius 2 is 1.71 bits per heavy atom. The molecule has 0 radical (unpaired) electrons. The summed E-state index contributed by atoms with van der Waals surface area (Å²) in [6.45, 7) is 1.73. The molecule has 1 atom stereocenters. The van der Waals surface area contributed by atoms with Crippen molar-refractivity contribution >= 4 is 29.1 Å². The van der Waals surface area contributed by atoms with E-state index in [0.29, 0.717) is 27.8 Å². The van der Waals surface area contributed by atoms with Gasteiger partial charge in [-0.25, -0.2) is 0 Å². The molecule has 0 aliphatic rings. The molecule has 0 fully saturated rings. The topological polar surface area (TPSA) is 76.7 Å². The van der Waals surface area contributed by atoms with Crippen LogP contribution in [0.3, 0.4) is 0 Å². The number of benzene rings is 3. The van der Waals surface area contributed by atoms with Gasteiger partial charge in [-0.2, -0.15) is 0 Å². The van der Waals surface area contributed by atoms with Crippen LogP contribution >= 0.6 is 11.6 Å². The van der Waals surface area contributed by atoms with Gasteiger partial charge in [0.15, 0.2) is 6.61 Å². The lowest BCUT2D eigenvalue weighted by Gasteiger charge is -2.15. The van der Waals surface area contributed by atoms with Gasteiger partial charge >= 0.3 is 0 Å². The highest BCUT2D eigenvalue weighted by molar-refractivity contribution is 6.30. The molecule has 0 saturated carbocycles. The van der Waals surface area contributed by atoms with E-state index in [1.165, 1.54) is 0 Å². The van der Waals surface area contributed by atoms with Crippen molar-refractivity contribution in [3.63, 3.8) is 0 Å². The van der Waals surface area contributed by atoms with Gasteiger partial charge in [-0.3, -0.25) is 9.59 Å². The van der Waals surface area contributed by atoms with Gasteiger partial charge in [0.1, 0.15) is 11.5 Å². The number of ether oxygens (including phenoxy) is 2. The maximum absolute atomic E-state index is 12.5. The van der Waals surface area contributed by atoms with Crippen LogP contribution < -0.4 is 20.1 Å².